The van der Waals surface area contributed by atoms with Crippen LogP contribution in [-0.4, -0.2) is 15.8 Å². The van der Waals surface area contributed by atoms with Crippen molar-refractivity contribution in [1.29, 1.82) is 0 Å². The molecule has 2 heterocycles. The van der Waals surface area contributed by atoms with Gasteiger partial charge in [-0.1, -0.05) is 0 Å². The molecule has 3 nitrogen and oxygen atoms in total. The fourth-order valence-electron chi connectivity index (χ4n) is 1.31. The topological polar surface area (TPSA) is 42.9 Å². The van der Waals surface area contributed by atoms with Crippen LogP contribution in [0.2, 0.25) is 0 Å². The largest absolute Gasteiger partial charge is 0.292 e. The summed E-state index contributed by atoms with van der Waals surface area (Å²) in [5.74, 6) is -0.0349. The number of pyridine rings is 2. The second kappa shape index (κ2) is 5.51. The van der Waals surface area contributed by atoms with E-state index in [1.54, 1.807) is 24.5 Å². The lowest BCUT2D eigenvalue weighted by atomic mass is 10.1. The maximum atomic E-state index is 11.9. The summed E-state index contributed by atoms with van der Waals surface area (Å²) in [5.41, 5.74) is 1.20. The quantitative estimate of drug-likeness (QED) is 0.792. The highest BCUT2D eigenvalue weighted by atomic mass is 79.9. The van der Waals surface area contributed by atoms with E-state index in [0.717, 1.165) is 14.6 Å². The van der Waals surface area contributed by atoms with Gasteiger partial charge in [-0.15, -0.1) is 0 Å². The third-order valence-electron chi connectivity index (χ3n) is 2.14. The van der Waals surface area contributed by atoms with Crippen molar-refractivity contribution in [2.45, 2.75) is 6.42 Å². The van der Waals surface area contributed by atoms with Gasteiger partial charge in [0.2, 0.25) is 0 Å². The average Bonchev–Trinajstić information content (AvgIpc) is 2.33. The summed E-state index contributed by atoms with van der Waals surface area (Å²) in [5, 5.41) is 0. The molecule has 86 valence electrons. The summed E-state index contributed by atoms with van der Waals surface area (Å²) in [6, 6.07) is 7.19. The maximum absolute atomic E-state index is 11.9. The van der Waals surface area contributed by atoms with Crippen molar-refractivity contribution in [3.05, 3.63) is 57.0 Å². The number of hydrogen-bond donors (Lipinski definition) is 0. The summed E-state index contributed by atoms with van der Waals surface area (Å²) in [6.45, 7) is 0. The second-order valence-corrected chi connectivity index (χ2v) is 5.26. The number of ketones is 1. The Labute approximate surface area is 116 Å². The average molecular weight is 356 g/mol. The van der Waals surface area contributed by atoms with Gasteiger partial charge >= 0.3 is 0 Å². The molecule has 0 spiro atoms. The summed E-state index contributed by atoms with van der Waals surface area (Å²) < 4.78 is 1.76. The highest BCUT2D eigenvalue weighted by molar-refractivity contribution is 9.10. The number of hydrogen-bond acceptors (Lipinski definition) is 3. The van der Waals surface area contributed by atoms with E-state index >= 15 is 0 Å². The lowest BCUT2D eigenvalue weighted by Crippen LogP contribution is -2.06. The van der Waals surface area contributed by atoms with E-state index in [1.807, 2.05) is 12.1 Å². The predicted molar refractivity (Wildman–Crippen MR) is 71.9 cm³/mol. The third-order valence-corrected chi connectivity index (χ3v) is 3.08. The van der Waals surface area contributed by atoms with E-state index in [0.29, 0.717) is 5.69 Å². The Morgan fingerprint density at radius 3 is 2.18 bits per heavy atom. The van der Waals surface area contributed by atoms with Crippen LogP contribution in [0.15, 0.2) is 45.6 Å². The molecule has 2 aromatic heterocycles. The van der Waals surface area contributed by atoms with Crippen molar-refractivity contribution in [2.24, 2.45) is 0 Å². The van der Waals surface area contributed by atoms with Gasteiger partial charge in [0.25, 0.3) is 0 Å². The Balaban J connectivity index is 2.11. The molecule has 0 aliphatic carbocycles. The summed E-state index contributed by atoms with van der Waals surface area (Å²) >= 11 is 6.58. The third kappa shape index (κ3) is 3.44. The molecule has 0 aliphatic rings. The van der Waals surface area contributed by atoms with Crippen molar-refractivity contribution in [2.75, 3.05) is 0 Å². The van der Waals surface area contributed by atoms with Crippen LogP contribution in [0.1, 0.15) is 16.2 Å². The van der Waals surface area contributed by atoms with E-state index in [2.05, 4.69) is 41.8 Å². The van der Waals surface area contributed by atoms with Crippen LogP contribution in [0.5, 0.6) is 0 Å². The SMILES string of the molecule is O=C(Cc1ccc(Br)cn1)c1ccc(Br)cn1. The number of rotatable bonds is 3. The first-order valence-electron chi connectivity index (χ1n) is 4.90. The van der Waals surface area contributed by atoms with E-state index in [-0.39, 0.29) is 12.2 Å². The Hall–Kier alpha value is -1.07. The molecule has 0 saturated carbocycles. The van der Waals surface area contributed by atoms with Crippen LogP contribution in [0.4, 0.5) is 0 Å². The molecule has 0 bridgehead atoms. The molecule has 0 N–H and O–H groups in total. The van der Waals surface area contributed by atoms with Crippen molar-refractivity contribution < 1.29 is 4.79 Å². The molecule has 0 unspecified atom stereocenters. The zero-order chi connectivity index (χ0) is 12.3. The van der Waals surface area contributed by atoms with Gasteiger partial charge < -0.3 is 0 Å². The van der Waals surface area contributed by atoms with Crippen LogP contribution in [0, 0.1) is 0 Å². The monoisotopic (exact) mass is 354 g/mol. The molecule has 17 heavy (non-hydrogen) atoms. The highest BCUT2D eigenvalue weighted by Crippen LogP contribution is 2.11. The van der Waals surface area contributed by atoms with Crippen molar-refractivity contribution in [1.82, 2.24) is 9.97 Å². The lowest BCUT2D eigenvalue weighted by molar-refractivity contribution is 0.0987. The molecule has 0 saturated heterocycles. The van der Waals surface area contributed by atoms with Gasteiger partial charge in [0.1, 0.15) is 5.69 Å². The van der Waals surface area contributed by atoms with Crippen LogP contribution in [0.3, 0.4) is 0 Å². The van der Waals surface area contributed by atoms with Crippen LogP contribution in [-0.2, 0) is 6.42 Å². The van der Waals surface area contributed by atoms with E-state index < -0.39 is 0 Å². The van der Waals surface area contributed by atoms with Gasteiger partial charge in [0.05, 0.1) is 6.42 Å². The summed E-state index contributed by atoms with van der Waals surface area (Å²) in [4.78, 5) is 20.1. The van der Waals surface area contributed by atoms with Gasteiger partial charge in [0, 0.05) is 27.0 Å². The first-order valence-corrected chi connectivity index (χ1v) is 6.49. The maximum Gasteiger partial charge on any atom is 0.187 e. The molecule has 0 fully saturated rings. The number of nitrogens with zero attached hydrogens (tertiary/aromatic N) is 2. The fourth-order valence-corrected chi connectivity index (χ4v) is 1.78. The van der Waals surface area contributed by atoms with Crippen LogP contribution in [0.25, 0.3) is 0 Å². The molecular formula is C12H8Br2N2O. The molecule has 0 radical (unpaired) electrons. The Bertz CT molecular complexity index is 523. The number of carbonyl (C=O) groups is 1. The van der Waals surface area contributed by atoms with Crippen molar-refractivity contribution in [3.63, 3.8) is 0 Å². The predicted octanol–water partition coefficient (Wildman–Crippen LogP) is 3.43. The summed E-state index contributed by atoms with van der Waals surface area (Å²) in [7, 11) is 0. The lowest BCUT2D eigenvalue weighted by Gasteiger charge is -2.00. The minimum absolute atomic E-state index is 0.0349. The number of halogens is 2. The zero-order valence-corrected chi connectivity index (χ0v) is 11.9. The Morgan fingerprint density at radius 2 is 1.65 bits per heavy atom. The second-order valence-electron chi connectivity index (χ2n) is 3.43. The normalized spacial score (nSPS) is 10.2. The summed E-state index contributed by atoms with van der Waals surface area (Å²) in [6.07, 6.45) is 3.56. The zero-order valence-electron chi connectivity index (χ0n) is 8.73. The molecule has 2 rings (SSSR count). The minimum atomic E-state index is -0.0349. The molecule has 5 heteroatoms. The van der Waals surface area contributed by atoms with Gasteiger partial charge in [-0.25, -0.2) is 0 Å². The Morgan fingerprint density at radius 1 is 1.00 bits per heavy atom. The molecule has 0 aromatic carbocycles. The van der Waals surface area contributed by atoms with Crippen LogP contribution < -0.4 is 0 Å². The number of carbonyl (C=O) groups excluding carboxylic acids is 1. The van der Waals surface area contributed by atoms with E-state index in [4.69, 9.17) is 0 Å². The van der Waals surface area contributed by atoms with Gasteiger partial charge in [-0.3, -0.25) is 14.8 Å². The molecule has 2 aromatic rings. The molecule has 0 atom stereocenters. The molecule has 0 amide bonds. The minimum Gasteiger partial charge on any atom is -0.292 e. The van der Waals surface area contributed by atoms with Crippen molar-refractivity contribution >= 4 is 37.6 Å². The number of aromatic nitrogens is 2. The van der Waals surface area contributed by atoms with E-state index in [9.17, 15) is 4.79 Å². The standard InChI is InChI=1S/C12H8Br2N2O/c13-8-1-3-10(15-6-8)5-12(17)11-4-2-9(14)7-16-11/h1-4,6-7H,5H2. The van der Waals surface area contributed by atoms with Crippen LogP contribution >= 0.6 is 31.9 Å². The van der Waals surface area contributed by atoms with Crippen molar-refractivity contribution in [3.8, 4) is 0 Å². The Kier molecular flexibility index (Phi) is 4.02. The first-order chi connectivity index (χ1) is 8.15. The first kappa shape index (κ1) is 12.4. The van der Waals surface area contributed by atoms with Gasteiger partial charge in [-0.05, 0) is 56.1 Å². The highest BCUT2D eigenvalue weighted by Gasteiger charge is 2.09. The molecular weight excluding hydrogens is 348 g/mol. The van der Waals surface area contributed by atoms with E-state index in [1.165, 1.54) is 0 Å². The number of Topliss-reactive ketones (excluding diaryl/α,β-unsaturated/α-hetero) is 1. The smallest absolute Gasteiger partial charge is 0.187 e. The fraction of sp³-hybridized carbons (Fsp3) is 0.0833. The molecule has 0 aliphatic heterocycles. The van der Waals surface area contributed by atoms with Gasteiger partial charge in [-0.2, -0.15) is 0 Å². The van der Waals surface area contributed by atoms with Gasteiger partial charge in [0.15, 0.2) is 5.78 Å².